The van der Waals surface area contributed by atoms with Crippen LogP contribution in [0.4, 0.5) is 0 Å². The second-order valence-corrected chi connectivity index (χ2v) is 9.50. The molecule has 2 rings (SSSR count). The van der Waals surface area contributed by atoms with Crippen molar-refractivity contribution in [2.75, 3.05) is 6.54 Å². The van der Waals surface area contributed by atoms with Crippen LogP contribution in [-0.2, 0) is 20.3 Å². The molecule has 1 aliphatic heterocycles. The van der Waals surface area contributed by atoms with Crippen LogP contribution in [0.5, 0.6) is 0 Å². The van der Waals surface area contributed by atoms with Crippen LogP contribution < -0.4 is 4.72 Å². The fourth-order valence-electron chi connectivity index (χ4n) is 1.98. The van der Waals surface area contributed by atoms with Gasteiger partial charge >= 0.3 is 0 Å². The van der Waals surface area contributed by atoms with Crippen LogP contribution in [0.1, 0.15) is 53.9 Å². The Morgan fingerprint density at radius 2 is 1.87 bits per heavy atom. The molecule has 8 heteroatoms. The predicted molar refractivity (Wildman–Crippen MR) is 86.8 cm³/mol. The summed E-state index contributed by atoms with van der Waals surface area (Å²) >= 11 is 0. The van der Waals surface area contributed by atoms with Gasteiger partial charge in [0.15, 0.2) is 0 Å². The molecule has 0 saturated carbocycles. The Morgan fingerprint density at radius 1 is 1.22 bits per heavy atom. The molecule has 7 nitrogen and oxygen atoms in total. The second-order valence-electron chi connectivity index (χ2n) is 7.81. The van der Waals surface area contributed by atoms with E-state index in [0.717, 1.165) is 5.71 Å². The van der Waals surface area contributed by atoms with Crippen LogP contribution in [0.2, 0.25) is 0 Å². The van der Waals surface area contributed by atoms with Crippen molar-refractivity contribution in [3.05, 3.63) is 12.1 Å². The first-order valence-corrected chi connectivity index (χ1v) is 9.07. The maximum Gasteiger partial charge on any atom is 0.275 e. The smallest absolute Gasteiger partial charge is 0.275 e. The summed E-state index contributed by atoms with van der Waals surface area (Å²) in [5.41, 5.74) is 0.495. The molecule has 130 valence electrons. The van der Waals surface area contributed by atoms with E-state index in [-0.39, 0.29) is 28.6 Å². The van der Waals surface area contributed by atoms with E-state index in [1.54, 1.807) is 0 Å². The minimum absolute atomic E-state index is 0.0832. The number of oxime groups is 1. The molecule has 0 radical (unpaired) electrons. The van der Waals surface area contributed by atoms with Gasteiger partial charge in [0.2, 0.25) is 5.89 Å². The first-order valence-electron chi connectivity index (χ1n) is 7.59. The lowest BCUT2D eigenvalue weighted by molar-refractivity contribution is 0.0889. The van der Waals surface area contributed by atoms with Gasteiger partial charge in [-0.2, -0.15) is 0 Å². The van der Waals surface area contributed by atoms with E-state index in [1.807, 2.05) is 41.5 Å². The molecule has 0 amide bonds. The molecule has 0 aliphatic carbocycles. The Bertz CT molecular complexity index is 693. The minimum Gasteiger partial charge on any atom is -0.427 e. The summed E-state index contributed by atoms with van der Waals surface area (Å²) in [7, 11) is -3.75. The summed E-state index contributed by atoms with van der Waals surface area (Å²) < 4.78 is 32.4. The predicted octanol–water partition coefficient (Wildman–Crippen LogP) is 2.44. The van der Waals surface area contributed by atoms with Crippen LogP contribution in [0.3, 0.4) is 0 Å². The molecule has 1 aromatic heterocycles. The summed E-state index contributed by atoms with van der Waals surface area (Å²) in [4.78, 5) is 9.34. The highest BCUT2D eigenvalue weighted by atomic mass is 32.2. The van der Waals surface area contributed by atoms with Crippen molar-refractivity contribution in [2.24, 2.45) is 10.6 Å². The number of hydrogen-bond acceptors (Lipinski definition) is 6. The van der Waals surface area contributed by atoms with Gasteiger partial charge in [-0.15, -0.1) is 0 Å². The van der Waals surface area contributed by atoms with Crippen LogP contribution in [0.25, 0.3) is 0 Å². The van der Waals surface area contributed by atoms with Crippen molar-refractivity contribution >= 4 is 15.7 Å². The Morgan fingerprint density at radius 3 is 2.35 bits per heavy atom. The Balaban J connectivity index is 1.97. The molecular weight excluding hydrogens is 318 g/mol. The highest BCUT2D eigenvalue weighted by Crippen LogP contribution is 2.26. The van der Waals surface area contributed by atoms with Crippen molar-refractivity contribution < 1.29 is 17.7 Å². The molecule has 1 aliphatic rings. The fraction of sp³-hybridized carbons (Fsp3) is 0.733. The first kappa shape index (κ1) is 17.9. The SMILES string of the molecule is CC(C)(C)C1=NOC(CNS(=O)(=O)c2cnc(C(C)(C)C)o2)C1. The van der Waals surface area contributed by atoms with Gasteiger partial charge in [0.05, 0.1) is 18.5 Å². The Hall–Kier alpha value is -1.41. The zero-order valence-corrected chi connectivity index (χ0v) is 15.3. The topological polar surface area (TPSA) is 93.8 Å². The number of nitrogens with one attached hydrogen (secondary N) is 1. The number of hydrogen-bond donors (Lipinski definition) is 1. The van der Waals surface area contributed by atoms with E-state index in [4.69, 9.17) is 9.25 Å². The monoisotopic (exact) mass is 343 g/mol. The third kappa shape index (κ3) is 4.32. The fourth-order valence-corrected chi connectivity index (χ4v) is 2.91. The Labute approximate surface area is 137 Å². The van der Waals surface area contributed by atoms with Crippen LogP contribution in [-0.4, -0.2) is 31.8 Å². The van der Waals surface area contributed by atoms with E-state index in [0.29, 0.717) is 12.3 Å². The normalized spacial score (nSPS) is 19.6. The van der Waals surface area contributed by atoms with Crippen molar-refractivity contribution in [1.29, 1.82) is 0 Å². The van der Waals surface area contributed by atoms with Gasteiger partial charge in [0.1, 0.15) is 6.10 Å². The van der Waals surface area contributed by atoms with Gasteiger partial charge in [0, 0.05) is 17.3 Å². The highest BCUT2D eigenvalue weighted by molar-refractivity contribution is 7.89. The number of aromatic nitrogens is 1. The molecule has 0 saturated heterocycles. The maximum atomic E-state index is 12.3. The number of oxazole rings is 1. The summed E-state index contributed by atoms with van der Waals surface area (Å²) in [5, 5.41) is 3.86. The van der Waals surface area contributed by atoms with Gasteiger partial charge in [-0.05, 0) is 0 Å². The highest BCUT2D eigenvalue weighted by Gasteiger charge is 2.31. The molecule has 1 aromatic rings. The molecule has 1 atom stereocenters. The third-order valence-electron chi connectivity index (χ3n) is 3.49. The first-order chi connectivity index (χ1) is 10.4. The minimum atomic E-state index is -3.75. The summed E-state index contributed by atoms with van der Waals surface area (Å²) in [6, 6.07) is 0. The van der Waals surface area contributed by atoms with Gasteiger partial charge in [0.25, 0.3) is 15.1 Å². The molecule has 0 spiro atoms. The molecule has 0 aromatic carbocycles. The van der Waals surface area contributed by atoms with Gasteiger partial charge in [-0.1, -0.05) is 46.7 Å². The van der Waals surface area contributed by atoms with Gasteiger partial charge in [-0.3, -0.25) is 0 Å². The van der Waals surface area contributed by atoms with Crippen molar-refractivity contribution in [3.63, 3.8) is 0 Å². The van der Waals surface area contributed by atoms with E-state index in [9.17, 15) is 8.42 Å². The molecule has 1 N–H and O–H groups in total. The van der Waals surface area contributed by atoms with Crippen molar-refractivity contribution in [1.82, 2.24) is 9.71 Å². The molecule has 0 bridgehead atoms. The van der Waals surface area contributed by atoms with E-state index in [1.165, 1.54) is 6.20 Å². The standard InChI is InChI=1S/C15H25N3O4S/c1-14(2,3)11-7-10(22-18-11)8-17-23(19,20)12-9-16-13(21-12)15(4,5)6/h9-10,17H,7-8H2,1-6H3. The number of nitrogens with zero attached hydrogens (tertiary/aromatic N) is 2. The quantitative estimate of drug-likeness (QED) is 0.906. The molecule has 0 fully saturated rings. The second kappa shape index (κ2) is 5.90. The lowest BCUT2D eigenvalue weighted by Gasteiger charge is -2.16. The summed E-state index contributed by atoms with van der Waals surface area (Å²) in [6.45, 7) is 12.0. The number of sulfonamides is 1. The summed E-state index contributed by atoms with van der Waals surface area (Å²) in [5.74, 6) is 0.383. The van der Waals surface area contributed by atoms with Crippen molar-refractivity contribution in [2.45, 2.75) is 64.6 Å². The van der Waals surface area contributed by atoms with Crippen molar-refractivity contribution in [3.8, 4) is 0 Å². The van der Waals surface area contributed by atoms with E-state index in [2.05, 4.69) is 14.9 Å². The Kier molecular flexibility index (Phi) is 4.60. The maximum absolute atomic E-state index is 12.3. The largest absolute Gasteiger partial charge is 0.427 e. The molecule has 1 unspecified atom stereocenters. The van der Waals surface area contributed by atoms with Crippen LogP contribution in [0.15, 0.2) is 20.9 Å². The van der Waals surface area contributed by atoms with Gasteiger partial charge < -0.3 is 9.25 Å². The molecule has 2 heterocycles. The number of rotatable bonds is 4. The average molecular weight is 343 g/mol. The lowest BCUT2D eigenvalue weighted by Crippen LogP contribution is -2.33. The zero-order valence-electron chi connectivity index (χ0n) is 14.5. The average Bonchev–Trinajstić information content (AvgIpc) is 3.04. The van der Waals surface area contributed by atoms with E-state index >= 15 is 0 Å². The van der Waals surface area contributed by atoms with E-state index < -0.39 is 10.0 Å². The van der Waals surface area contributed by atoms with Crippen LogP contribution >= 0.6 is 0 Å². The zero-order chi connectivity index (χ0) is 17.5. The molecule has 23 heavy (non-hydrogen) atoms. The summed E-state index contributed by atoms with van der Waals surface area (Å²) in [6.07, 6.45) is 1.54. The lowest BCUT2D eigenvalue weighted by atomic mass is 9.87. The van der Waals surface area contributed by atoms with Crippen LogP contribution in [0, 0.1) is 5.41 Å². The van der Waals surface area contributed by atoms with Gasteiger partial charge in [-0.25, -0.2) is 18.1 Å². The molecular formula is C15H25N3O4S. The third-order valence-corrected chi connectivity index (χ3v) is 4.76.